The number of carboxylic acid groups (broad SMARTS) is 1. The Morgan fingerprint density at radius 3 is 2.46 bits per heavy atom. The molecule has 0 spiro atoms. The average molecular weight is 393 g/mol. The van der Waals surface area contributed by atoms with Crippen molar-refractivity contribution in [1.29, 1.82) is 0 Å². The van der Waals surface area contributed by atoms with E-state index < -0.39 is 17.9 Å². The molecule has 2 N–H and O–H groups in total. The van der Waals surface area contributed by atoms with Gasteiger partial charge in [0.25, 0.3) is 5.91 Å². The highest BCUT2D eigenvalue weighted by Gasteiger charge is 2.21. The number of nitrogens with zero attached hydrogens (tertiary/aromatic N) is 1. The maximum absolute atomic E-state index is 12.3. The highest BCUT2D eigenvalue weighted by atomic mass is 32.2. The number of carbonyl (C=O) groups excluding carboxylic acids is 2. The molecule has 0 aliphatic heterocycles. The maximum Gasteiger partial charge on any atom is 0.305 e. The highest BCUT2D eigenvalue weighted by Crippen LogP contribution is 2.21. The van der Waals surface area contributed by atoms with Gasteiger partial charge in [-0.25, -0.2) is 0 Å². The SMILES string of the molecule is CSc1ccc(C(CC(=O)O)NC(=O)CN(C)C(=O)c2cccs2)cc1. The Morgan fingerprint density at radius 2 is 1.92 bits per heavy atom. The van der Waals surface area contributed by atoms with Crippen LogP contribution in [0.25, 0.3) is 0 Å². The van der Waals surface area contributed by atoms with Crippen LogP contribution in [0.5, 0.6) is 0 Å². The first-order chi connectivity index (χ1) is 12.4. The van der Waals surface area contributed by atoms with Gasteiger partial charge < -0.3 is 15.3 Å². The van der Waals surface area contributed by atoms with Gasteiger partial charge in [-0.15, -0.1) is 23.1 Å². The number of nitrogens with one attached hydrogen (secondary N) is 1. The van der Waals surface area contributed by atoms with Crippen LogP contribution in [0.15, 0.2) is 46.7 Å². The highest BCUT2D eigenvalue weighted by molar-refractivity contribution is 7.98. The van der Waals surface area contributed by atoms with E-state index in [-0.39, 0.29) is 18.9 Å². The Morgan fingerprint density at radius 1 is 1.23 bits per heavy atom. The van der Waals surface area contributed by atoms with Gasteiger partial charge in [-0.05, 0) is 35.4 Å². The first kappa shape index (κ1) is 20.0. The molecule has 0 aliphatic carbocycles. The van der Waals surface area contributed by atoms with Crippen molar-refractivity contribution in [3.8, 4) is 0 Å². The van der Waals surface area contributed by atoms with E-state index in [2.05, 4.69) is 5.32 Å². The number of hydrogen-bond acceptors (Lipinski definition) is 5. The molecule has 0 saturated heterocycles. The normalized spacial score (nSPS) is 11.6. The molecule has 0 bridgehead atoms. The summed E-state index contributed by atoms with van der Waals surface area (Å²) in [5.41, 5.74) is 0.714. The predicted molar refractivity (Wildman–Crippen MR) is 103 cm³/mol. The molecule has 1 atom stereocenters. The molecule has 0 aliphatic rings. The maximum atomic E-state index is 12.3. The number of likely N-dealkylation sites (N-methyl/N-ethyl adjacent to an activating group) is 1. The van der Waals surface area contributed by atoms with Crippen molar-refractivity contribution >= 4 is 40.9 Å². The second kappa shape index (κ2) is 9.40. The molecule has 0 radical (unpaired) electrons. The van der Waals surface area contributed by atoms with Crippen molar-refractivity contribution in [3.05, 3.63) is 52.2 Å². The first-order valence-corrected chi connectivity index (χ1v) is 9.95. The third-order valence-corrected chi connectivity index (χ3v) is 5.29. The van der Waals surface area contributed by atoms with Gasteiger partial charge in [0.15, 0.2) is 0 Å². The Bertz CT molecular complexity index is 760. The lowest BCUT2D eigenvalue weighted by Crippen LogP contribution is -2.40. The van der Waals surface area contributed by atoms with Crippen molar-refractivity contribution in [3.63, 3.8) is 0 Å². The lowest BCUT2D eigenvalue weighted by Gasteiger charge is -2.21. The Hall–Kier alpha value is -2.32. The third-order valence-electron chi connectivity index (χ3n) is 3.69. The minimum Gasteiger partial charge on any atom is -0.481 e. The monoisotopic (exact) mass is 392 g/mol. The van der Waals surface area contributed by atoms with Gasteiger partial charge in [0.05, 0.1) is 23.9 Å². The van der Waals surface area contributed by atoms with Gasteiger partial charge >= 0.3 is 5.97 Å². The van der Waals surface area contributed by atoms with Gasteiger partial charge in [-0.3, -0.25) is 14.4 Å². The summed E-state index contributed by atoms with van der Waals surface area (Å²) in [5.74, 6) is -1.65. The molecule has 2 rings (SSSR count). The fourth-order valence-corrected chi connectivity index (χ4v) is 3.50. The number of aliphatic carboxylic acids is 1. The molecule has 6 nitrogen and oxygen atoms in total. The zero-order chi connectivity index (χ0) is 19.1. The Kier molecular flexibility index (Phi) is 7.23. The fourth-order valence-electron chi connectivity index (χ4n) is 2.38. The molecule has 138 valence electrons. The largest absolute Gasteiger partial charge is 0.481 e. The summed E-state index contributed by atoms with van der Waals surface area (Å²) in [4.78, 5) is 38.6. The number of rotatable bonds is 8. The summed E-state index contributed by atoms with van der Waals surface area (Å²) in [5, 5.41) is 13.6. The topological polar surface area (TPSA) is 86.7 Å². The van der Waals surface area contributed by atoms with E-state index >= 15 is 0 Å². The van der Waals surface area contributed by atoms with E-state index in [1.807, 2.05) is 18.4 Å². The van der Waals surface area contributed by atoms with Gasteiger partial charge in [-0.1, -0.05) is 18.2 Å². The zero-order valence-electron chi connectivity index (χ0n) is 14.5. The van der Waals surface area contributed by atoms with E-state index in [9.17, 15) is 14.4 Å². The van der Waals surface area contributed by atoms with Crippen molar-refractivity contribution in [2.24, 2.45) is 0 Å². The molecule has 1 unspecified atom stereocenters. The minimum atomic E-state index is -1.01. The summed E-state index contributed by atoms with van der Waals surface area (Å²) in [7, 11) is 1.54. The summed E-state index contributed by atoms with van der Waals surface area (Å²) in [6.45, 7) is -0.143. The number of thioether (sulfide) groups is 1. The van der Waals surface area contributed by atoms with Gasteiger partial charge in [0.1, 0.15) is 0 Å². The Labute approximate surface area is 160 Å². The molecule has 2 amide bonds. The molecule has 0 saturated carbocycles. The minimum absolute atomic E-state index is 0.143. The Balaban J connectivity index is 2.03. The van der Waals surface area contributed by atoms with Crippen LogP contribution < -0.4 is 5.32 Å². The number of hydrogen-bond donors (Lipinski definition) is 2. The van der Waals surface area contributed by atoms with E-state index in [1.54, 1.807) is 48.5 Å². The van der Waals surface area contributed by atoms with Gasteiger partial charge in [0, 0.05) is 11.9 Å². The number of carboxylic acids is 1. The van der Waals surface area contributed by atoms with Crippen molar-refractivity contribution < 1.29 is 19.5 Å². The van der Waals surface area contributed by atoms with Gasteiger partial charge in [-0.2, -0.15) is 0 Å². The van der Waals surface area contributed by atoms with Crippen LogP contribution in [0, 0.1) is 0 Å². The van der Waals surface area contributed by atoms with Crippen LogP contribution in [-0.2, 0) is 9.59 Å². The fraction of sp³-hybridized carbons (Fsp3) is 0.278. The van der Waals surface area contributed by atoms with Crippen LogP contribution in [0.2, 0.25) is 0 Å². The molecule has 0 fully saturated rings. The van der Waals surface area contributed by atoms with Crippen molar-refractivity contribution in [1.82, 2.24) is 10.2 Å². The van der Waals surface area contributed by atoms with Crippen LogP contribution in [0.1, 0.15) is 27.7 Å². The van der Waals surface area contributed by atoms with Crippen molar-refractivity contribution in [2.75, 3.05) is 19.8 Å². The van der Waals surface area contributed by atoms with Crippen LogP contribution in [-0.4, -0.2) is 47.6 Å². The zero-order valence-corrected chi connectivity index (χ0v) is 16.1. The first-order valence-electron chi connectivity index (χ1n) is 7.84. The van der Waals surface area contributed by atoms with E-state index in [0.29, 0.717) is 10.4 Å². The quantitative estimate of drug-likeness (QED) is 0.675. The third kappa shape index (κ3) is 5.60. The predicted octanol–water partition coefficient (Wildman–Crippen LogP) is 2.87. The molecular formula is C18H20N2O4S2. The number of benzene rings is 1. The summed E-state index contributed by atoms with van der Waals surface area (Å²) in [6, 6.07) is 10.2. The molecule has 26 heavy (non-hydrogen) atoms. The van der Waals surface area contributed by atoms with E-state index in [1.165, 1.54) is 16.2 Å². The number of carbonyl (C=O) groups is 3. The molecule has 1 aromatic carbocycles. The van der Waals surface area contributed by atoms with Crippen LogP contribution >= 0.6 is 23.1 Å². The molecule has 8 heteroatoms. The summed E-state index contributed by atoms with van der Waals surface area (Å²) in [6.07, 6.45) is 1.72. The number of thiophene rings is 1. The molecule has 1 heterocycles. The average Bonchev–Trinajstić information content (AvgIpc) is 3.14. The molecular weight excluding hydrogens is 372 g/mol. The summed E-state index contributed by atoms with van der Waals surface area (Å²) < 4.78 is 0. The standard InChI is InChI=1S/C18H20N2O4S2/c1-20(18(24)15-4-3-9-26-15)11-16(21)19-14(10-17(22)23)12-5-7-13(25-2)8-6-12/h3-9,14H,10-11H2,1-2H3,(H,19,21)(H,22,23). The summed E-state index contributed by atoms with van der Waals surface area (Å²) >= 11 is 2.89. The lowest BCUT2D eigenvalue weighted by molar-refractivity contribution is -0.137. The molecule has 1 aromatic heterocycles. The number of amides is 2. The van der Waals surface area contributed by atoms with Crippen molar-refractivity contribution in [2.45, 2.75) is 17.4 Å². The van der Waals surface area contributed by atoms with Crippen LogP contribution in [0.4, 0.5) is 0 Å². The smallest absolute Gasteiger partial charge is 0.305 e. The van der Waals surface area contributed by atoms with Gasteiger partial charge in [0.2, 0.25) is 5.91 Å². The lowest BCUT2D eigenvalue weighted by atomic mass is 10.0. The van der Waals surface area contributed by atoms with E-state index in [4.69, 9.17) is 5.11 Å². The van der Waals surface area contributed by atoms with E-state index in [0.717, 1.165) is 4.90 Å². The second-order valence-corrected chi connectivity index (χ2v) is 7.46. The molecule has 2 aromatic rings. The van der Waals surface area contributed by atoms with Crippen LogP contribution in [0.3, 0.4) is 0 Å². The second-order valence-electron chi connectivity index (χ2n) is 5.63.